The van der Waals surface area contributed by atoms with Gasteiger partial charge in [0.25, 0.3) is 5.91 Å². The van der Waals surface area contributed by atoms with Crippen molar-refractivity contribution < 1.29 is 9.18 Å². The third kappa shape index (κ3) is 3.84. The zero-order chi connectivity index (χ0) is 25.7. The van der Waals surface area contributed by atoms with E-state index in [4.69, 9.17) is 4.98 Å². The first-order valence-electron chi connectivity index (χ1n) is 11.9. The molecular formula is C27H28FN7O. The van der Waals surface area contributed by atoms with Gasteiger partial charge in [0.1, 0.15) is 23.4 Å². The number of carbonyl (C=O) groups is 1. The van der Waals surface area contributed by atoms with E-state index in [0.717, 1.165) is 28.7 Å². The van der Waals surface area contributed by atoms with Gasteiger partial charge in [-0.2, -0.15) is 10.4 Å². The molecule has 1 atom stereocenters. The average Bonchev–Trinajstić information content (AvgIpc) is 3.55. The Hall–Kier alpha value is -4.03. The number of likely N-dealkylation sites (N-methyl/N-ethyl adjacent to an activating group) is 1. The summed E-state index contributed by atoms with van der Waals surface area (Å²) in [5.41, 5.74) is 4.15. The topological polar surface area (TPSA) is 83.0 Å². The van der Waals surface area contributed by atoms with E-state index in [2.05, 4.69) is 10.00 Å². The predicted molar refractivity (Wildman–Crippen MR) is 135 cm³/mol. The van der Waals surface area contributed by atoms with E-state index >= 15 is 0 Å². The second kappa shape index (κ2) is 8.88. The summed E-state index contributed by atoms with van der Waals surface area (Å²) in [6, 6.07) is 12.5. The minimum atomic E-state index is -0.623. The fourth-order valence-corrected chi connectivity index (χ4v) is 4.91. The molecule has 1 fully saturated rings. The van der Waals surface area contributed by atoms with Crippen molar-refractivity contribution in [2.45, 2.75) is 26.3 Å². The number of hydrogen-bond donors (Lipinski definition) is 0. The van der Waals surface area contributed by atoms with E-state index in [0.29, 0.717) is 41.9 Å². The van der Waals surface area contributed by atoms with Crippen LogP contribution in [0.15, 0.2) is 36.4 Å². The van der Waals surface area contributed by atoms with Gasteiger partial charge in [0.15, 0.2) is 0 Å². The minimum Gasteiger partial charge on any atom is -0.336 e. The molecule has 1 aliphatic rings. The van der Waals surface area contributed by atoms with Gasteiger partial charge in [0.05, 0.1) is 16.8 Å². The van der Waals surface area contributed by atoms with Crippen LogP contribution in [-0.4, -0.2) is 68.3 Å². The van der Waals surface area contributed by atoms with Crippen LogP contribution in [0, 0.1) is 31.0 Å². The number of nitrogens with zero attached hydrogens (tertiary/aromatic N) is 7. The Kier molecular flexibility index (Phi) is 5.85. The Morgan fingerprint density at radius 2 is 1.94 bits per heavy atom. The SMILES string of the molecule is Cc1c2cc(-n3c(-c4ccc(C#N)c(F)c4)nc(C(=O)N4CCC(N(C)C)C4)c3C)ccc2nn1C. The zero-order valence-corrected chi connectivity index (χ0v) is 21.1. The highest BCUT2D eigenvalue weighted by molar-refractivity contribution is 5.95. The van der Waals surface area contributed by atoms with E-state index in [1.165, 1.54) is 12.1 Å². The van der Waals surface area contributed by atoms with Crippen LogP contribution in [0.4, 0.5) is 4.39 Å². The number of likely N-dealkylation sites (tertiary alicyclic amines) is 1. The second-order valence-electron chi connectivity index (χ2n) is 9.58. The third-order valence-electron chi connectivity index (χ3n) is 7.21. The number of fused-ring (bicyclic) bond motifs is 1. The summed E-state index contributed by atoms with van der Waals surface area (Å²) in [4.78, 5) is 22.3. The molecule has 0 saturated carbocycles. The first kappa shape index (κ1) is 23.7. The van der Waals surface area contributed by atoms with Crippen molar-refractivity contribution in [1.29, 1.82) is 5.26 Å². The smallest absolute Gasteiger partial charge is 0.274 e. The van der Waals surface area contributed by atoms with Gasteiger partial charge >= 0.3 is 0 Å². The normalized spacial score (nSPS) is 15.7. The summed E-state index contributed by atoms with van der Waals surface area (Å²) >= 11 is 0. The van der Waals surface area contributed by atoms with Crippen LogP contribution in [0.5, 0.6) is 0 Å². The van der Waals surface area contributed by atoms with Gasteiger partial charge in [0, 0.05) is 48.5 Å². The van der Waals surface area contributed by atoms with Crippen molar-refractivity contribution >= 4 is 16.8 Å². The Morgan fingerprint density at radius 3 is 2.61 bits per heavy atom. The van der Waals surface area contributed by atoms with E-state index in [9.17, 15) is 14.4 Å². The quantitative estimate of drug-likeness (QED) is 0.439. The number of aromatic nitrogens is 4. The second-order valence-corrected chi connectivity index (χ2v) is 9.58. The molecule has 36 heavy (non-hydrogen) atoms. The minimum absolute atomic E-state index is 0.0379. The van der Waals surface area contributed by atoms with Crippen molar-refractivity contribution in [2.75, 3.05) is 27.2 Å². The molecule has 184 valence electrons. The fourth-order valence-electron chi connectivity index (χ4n) is 4.91. The highest BCUT2D eigenvalue weighted by Crippen LogP contribution is 2.31. The van der Waals surface area contributed by atoms with Crippen LogP contribution < -0.4 is 0 Å². The van der Waals surface area contributed by atoms with Gasteiger partial charge in [0.2, 0.25) is 0 Å². The lowest BCUT2D eigenvalue weighted by Crippen LogP contribution is -2.34. The number of imidazole rings is 1. The Bertz CT molecular complexity index is 1540. The molecule has 0 N–H and O–H groups in total. The maximum Gasteiger partial charge on any atom is 0.274 e. The summed E-state index contributed by atoms with van der Waals surface area (Å²) in [5.74, 6) is -0.310. The number of rotatable bonds is 4. The molecule has 1 amide bonds. The summed E-state index contributed by atoms with van der Waals surface area (Å²) < 4.78 is 18.3. The number of nitriles is 1. The lowest BCUT2D eigenvalue weighted by atomic mass is 10.1. The molecule has 8 nitrogen and oxygen atoms in total. The molecule has 3 heterocycles. The summed E-state index contributed by atoms with van der Waals surface area (Å²) in [6.45, 7) is 5.17. The maximum absolute atomic E-state index is 14.6. The molecule has 0 aliphatic carbocycles. The van der Waals surface area contributed by atoms with Crippen molar-refractivity contribution in [3.8, 4) is 23.1 Å². The highest BCUT2D eigenvalue weighted by atomic mass is 19.1. The van der Waals surface area contributed by atoms with Crippen molar-refractivity contribution in [1.82, 2.24) is 29.1 Å². The molecule has 9 heteroatoms. The molecule has 2 aromatic heterocycles. The summed E-state index contributed by atoms with van der Waals surface area (Å²) in [7, 11) is 5.94. The number of hydrogen-bond acceptors (Lipinski definition) is 5. The van der Waals surface area contributed by atoms with E-state index in [1.54, 1.807) is 6.07 Å². The molecule has 0 spiro atoms. The summed E-state index contributed by atoms with van der Waals surface area (Å²) in [6.07, 6.45) is 0.906. The van der Waals surface area contributed by atoms with Crippen LogP contribution >= 0.6 is 0 Å². The maximum atomic E-state index is 14.6. The van der Waals surface area contributed by atoms with Crippen LogP contribution in [0.2, 0.25) is 0 Å². The van der Waals surface area contributed by atoms with Crippen LogP contribution in [0.3, 0.4) is 0 Å². The van der Waals surface area contributed by atoms with Crippen LogP contribution in [0.1, 0.15) is 33.9 Å². The zero-order valence-electron chi connectivity index (χ0n) is 21.1. The molecule has 2 aromatic carbocycles. The van der Waals surface area contributed by atoms with Crippen molar-refractivity contribution in [3.63, 3.8) is 0 Å². The van der Waals surface area contributed by atoms with E-state index in [1.807, 2.05) is 73.4 Å². The van der Waals surface area contributed by atoms with Crippen LogP contribution in [-0.2, 0) is 7.05 Å². The lowest BCUT2D eigenvalue weighted by Gasteiger charge is -2.20. The highest BCUT2D eigenvalue weighted by Gasteiger charge is 2.32. The Labute approximate surface area is 209 Å². The standard InChI is InChI=1S/C27H28FN7O/c1-16-22-13-20(8-9-24(22)31-33(16)5)35-17(2)25(27(36)34-11-10-21(15-34)32(3)4)30-26(35)18-6-7-19(14-29)23(28)12-18/h6-9,12-13,21H,10-11,15H2,1-5H3. The molecular weight excluding hydrogens is 457 g/mol. The van der Waals surface area contributed by atoms with Gasteiger partial charge in [-0.15, -0.1) is 0 Å². The van der Waals surface area contributed by atoms with Gasteiger partial charge < -0.3 is 9.80 Å². The van der Waals surface area contributed by atoms with Crippen LogP contribution in [0.25, 0.3) is 28.0 Å². The molecule has 1 unspecified atom stereocenters. The predicted octanol–water partition coefficient (Wildman–Crippen LogP) is 3.83. The molecule has 0 radical (unpaired) electrons. The van der Waals surface area contributed by atoms with Gasteiger partial charge in [-0.05, 0) is 70.8 Å². The van der Waals surface area contributed by atoms with E-state index < -0.39 is 5.82 Å². The molecule has 5 rings (SSSR count). The third-order valence-corrected chi connectivity index (χ3v) is 7.21. The monoisotopic (exact) mass is 485 g/mol. The Morgan fingerprint density at radius 1 is 1.17 bits per heavy atom. The molecule has 0 bridgehead atoms. The molecule has 4 aromatic rings. The number of aryl methyl sites for hydroxylation is 2. The van der Waals surface area contributed by atoms with Crippen molar-refractivity contribution in [3.05, 3.63) is 64.9 Å². The van der Waals surface area contributed by atoms with E-state index in [-0.39, 0.29) is 11.5 Å². The van der Waals surface area contributed by atoms with Gasteiger partial charge in [-0.1, -0.05) is 0 Å². The fraction of sp³-hybridized carbons (Fsp3) is 0.333. The number of benzene rings is 2. The molecule has 1 aliphatic heterocycles. The largest absolute Gasteiger partial charge is 0.336 e. The van der Waals surface area contributed by atoms with Gasteiger partial charge in [-0.25, -0.2) is 9.37 Å². The first-order valence-corrected chi connectivity index (χ1v) is 11.9. The Balaban J connectivity index is 1.67. The van der Waals surface area contributed by atoms with Gasteiger partial charge in [-0.3, -0.25) is 14.0 Å². The first-order chi connectivity index (χ1) is 17.2. The lowest BCUT2D eigenvalue weighted by molar-refractivity contribution is 0.0777. The number of halogens is 1. The number of carbonyl (C=O) groups excluding carboxylic acids is 1. The van der Waals surface area contributed by atoms with Crippen molar-refractivity contribution in [2.24, 2.45) is 7.05 Å². The summed E-state index contributed by atoms with van der Waals surface area (Å²) in [5, 5.41) is 14.7. The molecule has 1 saturated heterocycles. The average molecular weight is 486 g/mol. The number of amides is 1.